The van der Waals surface area contributed by atoms with Gasteiger partial charge in [0, 0.05) is 13.1 Å². The second-order valence-corrected chi connectivity index (χ2v) is 5.67. The Morgan fingerprint density at radius 1 is 1.36 bits per heavy atom. The second-order valence-electron chi connectivity index (χ2n) is 5.67. The Hall–Kier alpha value is -2.57. The maximum Gasteiger partial charge on any atom is 0.340 e. The fourth-order valence-corrected chi connectivity index (χ4v) is 2.84. The lowest BCUT2D eigenvalue weighted by atomic mass is 9.99. The van der Waals surface area contributed by atoms with Gasteiger partial charge in [-0.15, -0.1) is 0 Å². The van der Waals surface area contributed by atoms with Gasteiger partial charge in [-0.25, -0.2) is 9.89 Å². The molecule has 7 nitrogen and oxygen atoms in total. The highest BCUT2D eigenvalue weighted by molar-refractivity contribution is 5.78. The SMILES string of the molecule is O=C(Cc1n[nH]c(=O)[nH]1)N1CCC(Cc2ccc(O)cc2)C1. The largest absolute Gasteiger partial charge is 0.508 e. The molecule has 22 heavy (non-hydrogen) atoms. The van der Waals surface area contributed by atoms with E-state index in [2.05, 4.69) is 15.2 Å². The van der Waals surface area contributed by atoms with Crippen LogP contribution in [0.15, 0.2) is 29.1 Å². The first-order valence-electron chi connectivity index (χ1n) is 7.29. The van der Waals surface area contributed by atoms with Crippen molar-refractivity contribution in [2.24, 2.45) is 5.92 Å². The summed E-state index contributed by atoms with van der Waals surface area (Å²) in [6, 6.07) is 7.19. The molecule has 7 heteroatoms. The van der Waals surface area contributed by atoms with Crippen LogP contribution in [-0.4, -0.2) is 44.2 Å². The van der Waals surface area contributed by atoms with Crippen molar-refractivity contribution in [1.29, 1.82) is 0 Å². The number of benzene rings is 1. The number of carbonyl (C=O) groups excluding carboxylic acids is 1. The summed E-state index contributed by atoms with van der Waals surface area (Å²) in [6.45, 7) is 1.45. The van der Waals surface area contributed by atoms with E-state index in [1.165, 1.54) is 0 Å². The van der Waals surface area contributed by atoms with Crippen LogP contribution in [0.1, 0.15) is 17.8 Å². The summed E-state index contributed by atoms with van der Waals surface area (Å²) in [5.74, 6) is 1.04. The zero-order valence-corrected chi connectivity index (χ0v) is 12.1. The molecule has 3 N–H and O–H groups in total. The van der Waals surface area contributed by atoms with E-state index in [0.29, 0.717) is 18.3 Å². The molecule has 1 aliphatic heterocycles. The molecule has 1 unspecified atom stereocenters. The molecule has 0 bridgehead atoms. The van der Waals surface area contributed by atoms with Crippen LogP contribution in [0, 0.1) is 5.92 Å². The zero-order valence-electron chi connectivity index (χ0n) is 12.1. The first-order valence-corrected chi connectivity index (χ1v) is 7.29. The minimum Gasteiger partial charge on any atom is -0.508 e. The summed E-state index contributed by atoms with van der Waals surface area (Å²) >= 11 is 0. The van der Waals surface area contributed by atoms with Crippen LogP contribution in [-0.2, 0) is 17.6 Å². The Labute approximate surface area is 127 Å². The van der Waals surface area contributed by atoms with Gasteiger partial charge >= 0.3 is 5.69 Å². The molecule has 0 radical (unpaired) electrons. The molecule has 1 aromatic carbocycles. The van der Waals surface area contributed by atoms with Gasteiger partial charge in [-0.05, 0) is 36.5 Å². The van der Waals surface area contributed by atoms with Crippen molar-refractivity contribution in [1.82, 2.24) is 20.1 Å². The number of hydrogen-bond acceptors (Lipinski definition) is 4. The van der Waals surface area contributed by atoms with Gasteiger partial charge in [0.15, 0.2) is 0 Å². The molecule has 3 rings (SSSR count). The van der Waals surface area contributed by atoms with Gasteiger partial charge in [-0.2, -0.15) is 5.10 Å². The van der Waals surface area contributed by atoms with E-state index in [1.54, 1.807) is 12.1 Å². The first kappa shape index (κ1) is 14.4. The van der Waals surface area contributed by atoms with Crippen LogP contribution >= 0.6 is 0 Å². The fourth-order valence-electron chi connectivity index (χ4n) is 2.84. The van der Waals surface area contributed by atoms with Crippen LogP contribution < -0.4 is 5.69 Å². The van der Waals surface area contributed by atoms with E-state index >= 15 is 0 Å². The van der Waals surface area contributed by atoms with Crippen molar-refractivity contribution in [3.05, 3.63) is 46.1 Å². The monoisotopic (exact) mass is 302 g/mol. The number of rotatable bonds is 4. The number of H-pyrrole nitrogens is 2. The van der Waals surface area contributed by atoms with Crippen LogP contribution in [0.3, 0.4) is 0 Å². The smallest absolute Gasteiger partial charge is 0.340 e. The molecule has 0 spiro atoms. The van der Waals surface area contributed by atoms with Crippen LogP contribution in [0.25, 0.3) is 0 Å². The van der Waals surface area contributed by atoms with Gasteiger partial charge in [0.05, 0.1) is 6.42 Å². The average molecular weight is 302 g/mol. The standard InChI is InChI=1S/C15H18N4O3/c20-12-3-1-10(2-4-12)7-11-5-6-19(9-11)14(21)8-13-16-15(22)18-17-13/h1-4,11,20H,5-9H2,(H2,16,17,18,22). The molecule has 0 saturated carbocycles. The maximum absolute atomic E-state index is 12.2. The van der Waals surface area contributed by atoms with E-state index in [-0.39, 0.29) is 18.1 Å². The van der Waals surface area contributed by atoms with Gasteiger partial charge in [0.2, 0.25) is 5.91 Å². The lowest BCUT2D eigenvalue weighted by molar-refractivity contribution is -0.129. The molecule has 116 valence electrons. The minimum absolute atomic E-state index is 0.0176. The van der Waals surface area contributed by atoms with Gasteiger partial charge in [-0.1, -0.05) is 12.1 Å². The lowest BCUT2D eigenvalue weighted by Gasteiger charge is -2.16. The zero-order chi connectivity index (χ0) is 15.5. The van der Waals surface area contributed by atoms with E-state index in [9.17, 15) is 14.7 Å². The van der Waals surface area contributed by atoms with Crippen molar-refractivity contribution in [3.63, 3.8) is 0 Å². The number of aromatic nitrogens is 3. The number of aromatic amines is 2. The Morgan fingerprint density at radius 3 is 2.82 bits per heavy atom. The molecular weight excluding hydrogens is 284 g/mol. The molecule has 1 saturated heterocycles. The van der Waals surface area contributed by atoms with Crippen molar-refractivity contribution in [3.8, 4) is 5.75 Å². The number of phenols is 1. The van der Waals surface area contributed by atoms with Crippen LogP contribution in [0.4, 0.5) is 0 Å². The van der Waals surface area contributed by atoms with E-state index in [1.807, 2.05) is 17.0 Å². The number of phenolic OH excluding ortho intramolecular Hbond substituents is 1. The number of nitrogens with zero attached hydrogens (tertiary/aromatic N) is 2. The topological polar surface area (TPSA) is 102 Å². The highest BCUT2D eigenvalue weighted by Crippen LogP contribution is 2.22. The number of aromatic hydroxyl groups is 1. The van der Waals surface area contributed by atoms with Gasteiger partial charge in [0.25, 0.3) is 0 Å². The number of likely N-dealkylation sites (tertiary alicyclic amines) is 1. The molecule has 1 atom stereocenters. The van der Waals surface area contributed by atoms with E-state index in [4.69, 9.17) is 0 Å². The third kappa shape index (κ3) is 3.36. The number of nitrogens with one attached hydrogen (secondary N) is 2. The Bertz CT molecular complexity index is 704. The van der Waals surface area contributed by atoms with Crippen LogP contribution in [0.2, 0.25) is 0 Å². The summed E-state index contributed by atoms with van der Waals surface area (Å²) < 4.78 is 0. The van der Waals surface area contributed by atoms with Gasteiger partial charge < -0.3 is 10.0 Å². The Balaban J connectivity index is 1.54. The summed E-state index contributed by atoms with van der Waals surface area (Å²) in [5, 5.41) is 15.3. The third-order valence-corrected chi connectivity index (χ3v) is 3.97. The second kappa shape index (κ2) is 6.05. The Morgan fingerprint density at radius 2 is 2.14 bits per heavy atom. The predicted octanol–water partition coefficient (Wildman–Crippen LogP) is 0.437. The quantitative estimate of drug-likeness (QED) is 0.762. The molecule has 1 amide bonds. The van der Waals surface area contributed by atoms with Crippen molar-refractivity contribution < 1.29 is 9.90 Å². The third-order valence-electron chi connectivity index (χ3n) is 3.97. The maximum atomic E-state index is 12.2. The highest BCUT2D eigenvalue weighted by Gasteiger charge is 2.26. The lowest BCUT2D eigenvalue weighted by Crippen LogP contribution is -2.30. The summed E-state index contributed by atoms with van der Waals surface area (Å²) in [4.78, 5) is 27.5. The molecule has 2 aromatic rings. The van der Waals surface area contributed by atoms with Crippen molar-refractivity contribution in [2.75, 3.05) is 13.1 Å². The van der Waals surface area contributed by atoms with E-state index < -0.39 is 5.69 Å². The molecule has 2 heterocycles. The fraction of sp³-hybridized carbons (Fsp3) is 0.400. The first-order chi connectivity index (χ1) is 10.6. The summed E-state index contributed by atoms with van der Waals surface area (Å²) in [7, 11) is 0. The molecule has 1 aliphatic rings. The average Bonchev–Trinajstić information content (AvgIpc) is 3.11. The normalized spacial score (nSPS) is 17.8. The molecule has 1 fully saturated rings. The van der Waals surface area contributed by atoms with Crippen molar-refractivity contribution in [2.45, 2.75) is 19.3 Å². The number of carbonyl (C=O) groups is 1. The number of hydrogen-bond donors (Lipinski definition) is 3. The molecule has 0 aliphatic carbocycles. The van der Waals surface area contributed by atoms with Gasteiger partial charge in [-0.3, -0.25) is 9.78 Å². The predicted molar refractivity (Wildman–Crippen MR) is 79.4 cm³/mol. The van der Waals surface area contributed by atoms with Crippen LogP contribution in [0.5, 0.6) is 5.75 Å². The Kier molecular flexibility index (Phi) is 3.95. The van der Waals surface area contributed by atoms with E-state index in [0.717, 1.165) is 24.9 Å². The minimum atomic E-state index is -0.394. The van der Waals surface area contributed by atoms with Gasteiger partial charge in [0.1, 0.15) is 11.6 Å². The number of amides is 1. The molecular formula is C15H18N4O3. The summed E-state index contributed by atoms with van der Waals surface area (Å²) in [6.07, 6.45) is 1.97. The molecule has 1 aromatic heterocycles. The summed E-state index contributed by atoms with van der Waals surface area (Å²) in [5.41, 5.74) is 0.767. The highest BCUT2D eigenvalue weighted by atomic mass is 16.3. The van der Waals surface area contributed by atoms with Crippen molar-refractivity contribution >= 4 is 5.91 Å².